The first-order valence-corrected chi connectivity index (χ1v) is 10.1. The first-order valence-electron chi connectivity index (χ1n) is 10.1. The maximum Gasteiger partial charge on any atom is 0.323 e. The third kappa shape index (κ3) is 8.83. The summed E-state index contributed by atoms with van der Waals surface area (Å²) in [6, 6.07) is 3.93. The number of rotatable bonds is 10. The lowest BCUT2D eigenvalue weighted by Gasteiger charge is -2.18. The molecule has 0 saturated heterocycles. The average molecular weight is 488 g/mol. The van der Waals surface area contributed by atoms with Crippen LogP contribution in [-0.4, -0.2) is 30.1 Å². The number of carbonyl (C=O) groups excluding carboxylic acids is 3. The Morgan fingerprint density at radius 1 is 0.867 bits per heavy atom. The molecular weight excluding hydrogens is 454 g/mol. The van der Waals surface area contributed by atoms with Crippen LogP contribution in [0.2, 0.25) is 0 Å². The second kappa shape index (κ2) is 13.4. The number of esters is 3. The maximum absolute atomic E-state index is 12.2. The van der Waals surface area contributed by atoms with Crippen molar-refractivity contribution in [2.45, 2.75) is 73.0 Å². The van der Waals surface area contributed by atoms with Gasteiger partial charge < -0.3 is 19.9 Å². The van der Waals surface area contributed by atoms with Gasteiger partial charge in [-0.1, -0.05) is 47.6 Å². The Morgan fingerprint density at radius 3 is 1.83 bits per heavy atom. The first-order chi connectivity index (χ1) is 13.6. The fraction of sp³-hybridized carbons (Fsp3) is 0.591. The van der Waals surface area contributed by atoms with Gasteiger partial charge in [0, 0.05) is 0 Å². The van der Waals surface area contributed by atoms with E-state index in [-0.39, 0.29) is 52.8 Å². The van der Waals surface area contributed by atoms with Crippen molar-refractivity contribution in [1.82, 2.24) is 0 Å². The highest BCUT2D eigenvalue weighted by molar-refractivity contribution is 8.93. The van der Waals surface area contributed by atoms with Crippen LogP contribution in [0.4, 0.5) is 0 Å². The molecule has 1 atom stereocenters. The van der Waals surface area contributed by atoms with Crippen LogP contribution in [0.15, 0.2) is 18.2 Å². The van der Waals surface area contributed by atoms with Crippen molar-refractivity contribution < 1.29 is 28.6 Å². The molecule has 1 rings (SSSR count). The van der Waals surface area contributed by atoms with Crippen molar-refractivity contribution in [3.8, 4) is 11.5 Å². The van der Waals surface area contributed by atoms with Crippen molar-refractivity contribution in [1.29, 1.82) is 0 Å². The predicted molar refractivity (Wildman–Crippen MR) is 120 cm³/mol. The molecule has 0 aliphatic heterocycles. The van der Waals surface area contributed by atoms with Crippen molar-refractivity contribution in [3.63, 3.8) is 0 Å². The zero-order chi connectivity index (χ0) is 22.1. The van der Waals surface area contributed by atoms with Crippen LogP contribution in [0, 0.1) is 11.8 Å². The SMILES string of the molecule is Br.CCC(CC)OC(=O)[C@@H](N)Cc1ccc(OC(=O)C(C)C)c(OC(=O)C(C)C)c1. The Balaban J connectivity index is 0.00000841. The van der Waals surface area contributed by atoms with Gasteiger partial charge in [0.1, 0.15) is 12.1 Å². The van der Waals surface area contributed by atoms with Gasteiger partial charge in [-0.3, -0.25) is 14.4 Å². The molecule has 0 aliphatic rings. The molecule has 1 aromatic rings. The molecule has 170 valence electrons. The normalized spacial score (nSPS) is 11.8. The van der Waals surface area contributed by atoms with Gasteiger partial charge >= 0.3 is 17.9 Å². The van der Waals surface area contributed by atoms with Crippen molar-refractivity contribution in [2.75, 3.05) is 0 Å². The molecule has 0 unspecified atom stereocenters. The Labute approximate surface area is 189 Å². The van der Waals surface area contributed by atoms with Crippen LogP contribution >= 0.6 is 17.0 Å². The smallest absolute Gasteiger partial charge is 0.323 e. The summed E-state index contributed by atoms with van der Waals surface area (Å²) >= 11 is 0. The fourth-order valence-corrected chi connectivity index (χ4v) is 2.34. The van der Waals surface area contributed by atoms with E-state index in [1.165, 1.54) is 6.07 Å². The minimum absolute atomic E-state index is 0. The van der Waals surface area contributed by atoms with Gasteiger partial charge in [0.15, 0.2) is 11.5 Å². The number of halogens is 1. The maximum atomic E-state index is 12.2. The molecule has 2 N–H and O–H groups in total. The number of benzene rings is 1. The first kappa shape index (κ1) is 28.1. The third-order valence-corrected chi connectivity index (χ3v) is 4.32. The molecule has 0 amide bonds. The second-order valence-corrected chi connectivity index (χ2v) is 7.62. The Morgan fingerprint density at radius 2 is 1.37 bits per heavy atom. The highest BCUT2D eigenvalue weighted by Crippen LogP contribution is 2.30. The van der Waals surface area contributed by atoms with Crippen LogP contribution in [-0.2, 0) is 25.5 Å². The molecular formula is C22H34BrNO6. The zero-order valence-corrected chi connectivity index (χ0v) is 20.3. The van der Waals surface area contributed by atoms with Crippen LogP contribution < -0.4 is 15.2 Å². The average Bonchev–Trinajstić information content (AvgIpc) is 2.67. The minimum atomic E-state index is -0.853. The van der Waals surface area contributed by atoms with Crippen LogP contribution in [0.5, 0.6) is 11.5 Å². The molecule has 0 radical (unpaired) electrons. The molecule has 1 aromatic carbocycles. The van der Waals surface area contributed by atoms with E-state index in [0.29, 0.717) is 5.56 Å². The Kier molecular flexibility index (Phi) is 12.5. The summed E-state index contributed by atoms with van der Waals surface area (Å²) in [4.78, 5) is 36.2. The van der Waals surface area contributed by atoms with Gasteiger partial charge in [0.25, 0.3) is 0 Å². The van der Waals surface area contributed by atoms with E-state index in [0.717, 1.165) is 12.8 Å². The van der Waals surface area contributed by atoms with Crippen molar-refractivity contribution in [2.24, 2.45) is 17.6 Å². The quantitative estimate of drug-likeness (QED) is 0.392. The largest absolute Gasteiger partial charge is 0.461 e. The number of carbonyl (C=O) groups is 3. The van der Waals surface area contributed by atoms with Gasteiger partial charge in [-0.25, -0.2) is 0 Å². The topological polar surface area (TPSA) is 105 Å². The van der Waals surface area contributed by atoms with Crippen LogP contribution in [0.3, 0.4) is 0 Å². The summed E-state index contributed by atoms with van der Waals surface area (Å²) in [5, 5.41) is 0. The van der Waals surface area contributed by atoms with Gasteiger partial charge in [-0.2, -0.15) is 0 Å². The second-order valence-electron chi connectivity index (χ2n) is 7.62. The molecule has 0 spiro atoms. The van der Waals surface area contributed by atoms with Gasteiger partial charge in [-0.15, -0.1) is 17.0 Å². The molecule has 0 aromatic heterocycles. The number of hydrogen-bond donors (Lipinski definition) is 1. The van der Waals surface area contributed by atoms with Gasteiger partial charge in [-0.05, 0) is 37.0 Å². The minimum Gasteiger partial charge on any atom is -0.461 e. The lowest BCUT2D eigenvalue weighted by atomic mass is 10.1. The van der Waals surface area contributed by atoms with E-state index in [2.05, 4.69) is 0 Å². The molecule has 30 heavy (non-hydrogen) atoms. The van der Waals surface area contributed by atoms with E-state index in [1.807, 2.05) is 13.8 Å². The lowest BCUT2D eigenvalue weighted by molar-refractivity contribution is -0.151. The molecule has 0 saturated carbocycles. The zero-order valence-electron chi connectivity index (χ0n) is 18.6. The highest BCUT2D eigenvalue weighted by atomic mass is 79.9. The standard InChI is InChI=1S/C22H33NO6.BrH/c1-7-16(8-2)27-22(26)17(23)11-15-9-10-18(28-20(24)13(3)4)19(12-15)29-21(25)14(5)6;/h9-10,12-14,16-17H,7-8,11,23H2,1-6H3;1H/t17-;/m0./s1. The van der Waals surface area contributed by atoms with Gasteiger partial charge in [0.2, 0.25) is 0 Å². The summed E-state index contributed by atoms with van der Waals surface area (Å²) < 4.78 is 16.1. The predicted octanol–water partition coefficient (Wildman–Crippen LogP) is 3.99. The molecule has 7 nitrogen and oxygen atoms in total. The van der Waals surface area contributed by atoms with E-state index < -0.39 is 23.9 Å². The number of hydrogen-bond acceptors (Lipinski definition) is 7. The molecule has 0 aliphatic carbocycles. The summed E-state index contributed by atoms with van der Waals surface area (Å²) in [7, 11) is 0. The van der Waals surface area contributed by atoms with E-state index in [1.54, 1.807) is 39.8 Å². The van der Waals surface area contributed by atoms with Crippen LogP contribution in [0.1, 0.15) is 59.9 Å². The van der Waals surface area contributed by atoms with Crippen molar-refractivity contribution >= 4 is 34.9 Å². The summed E-state index contributed by atoms with van der Waals surface area (Å²) in [6.07, 6.45) is 1.48. The number of ether oxygens (including phenoxy) is 3. The highest BCUT2D eigenvalue weighted by Gasteiger charge is 2.22. The molecule has 0 bridgehead atoms. The number of nitrogens with two attached hydrogens (primary N) is 1. The summed E-state index contributed by atoms with van der Waals surface area (Å²) in [6.45, 7) is 10.7. The fourth-order valence-electron chi connectivity index (χ4n) is 2.34. The molecule has 0 heterocycles. The third-order valence-electron chi connectivity index (χ3n) is 4.32. The Hall–Kier alpha value is -1.93. The molecule has 8 heteroatoms. The van der Waals surface area contributed by atoms with E-state index in [4.69, 9.17) is 19.9 Å². The van der Waals surface area contributed by atoms with Crippen LogP contribution in [0.25, 0.3) is 0 Å². The lowest BCUT2D eigenvalue weighted by Crippen LogP contribution is -2.36. The van der Waals surface area contributed by atoms with Crippen molar-refractivity contribution in [3.05, 3.63) is 23.8 Å². The van der Waals surface area contributed by atoms with E-state index in [9.17, 15) is 14.4 Å². The van der Waals surface area contributed by atoms with E-state index >= 15 is 0 Å². The van der Waals surface area contributed by atoms with Gasteiger partial charge in [0.05, 0.1) is 11.8 Å². The Bertz CT molecular complexity index is 716. The summed E-state index contributed by atoms with van der Waals surface area (Å²) in [5.41, 5.74) is 6.66. The summed E-state index contributed by atoms with van der Waals surface area (Å²) in [5.74, 6) is -1.80. The monoisotopic (exact) mass is 487 g/mol. The molecule has 0 fully saturated rings.